The number of rotatable bonds is 4. The van der Waals surface area contributed by atoms with E-state index >= 15 is 0 Å². The second-order valence-corrected chi connectivity index (χ2v) is 5.82. The summed E-state index contributed by atoms with van der Waals surface area (Å²) in [5.41, 5.74) is 1.54. The van der Waals surface area contributed by atoms with Crippen molar-refractivity contribution in [2.45, 2.75) is 26.2 Å². The number of nitrogens with zero attached hydrogens (tertiary/aromatic N) is 1. The standard InChI is InChI=1S/C17H21N3O/c1-2-7-17(8-10-18-12-17)16(21)20-14-5-6-15-13(11-14)4-3-9-19-15/h3-6,9,11,18H,2,7-8,10,12H2,1H3,(H,20,21). The predicted molar refractivity (Wildman–Crippen MR) is 85.2 cm³/mol. The van der Waals surface area contributed by atoms with Gasteiger partial charge < -0.3 is 10.6 Å². The van der Waals surface area contributed by atoms with Gasteiger partial charge in [0.1, 0.15) is 0 Å². The molecule has 0 saturated carbocycles. The van der Waals surface area contributed by atoms with Crippen LogP contribution < -0.4 is 10.6 Å². The van der Waals surface area contributed by atoms with Crippen molar-refractivity contribution in [2.75, 3.05) is 18.4 Å². The Balaban J connectivity index is 1.82. The van der Waals surface area contributed by atoms with Gasteiger partial charge in [0, 0.05) is 23.8 Å². The van der Waals surface area contributed by atoms with Crippen LogP contribution >= 0.6 is 0 Å². The molecule has 1 aliphatic heterocycles. The number of benzene rings is 1. The Morgan fingerprint density at radius 3 is 3.10 bits per heavy atom. The maximum absolute atomic E-state index is 12.7. The van der Waals surface area contributed by atoms with E-state index in [2.05, 4.69) is 22.5 Å². The molecule has 1 aromatic heterocycles. The minimum absolute atomic E-state index is 0.137. The number of nitrogens with one attached hydrogen (secondary N) is 2. The number of hydrogen-bond acceptors (Lipinski definition) is 3. The van der Waals surface area contributed by atoms with Gasteiger partial charge in [-0.05, 0) is 43.7 Å². The molecule has 1 aliphatic rings. The first-order valence-corrected chi connectivity index (χ1v) is 7.60. The van der Waals surface area contributed by atoms with Crippen molar-refractivity contribution in [3.63, 3.8) is 0 Å². The van der Waals surface area contributed by atoms with Gasteiger partial charge in [0.05, 0.1) is 10.9 Å². The van der Waals surface area contributed by atoms with Crippen molar-refractivity contribution in [2.24, 2.45) is 5.41 Å². The van der Waals surface area contributed by atoms with Crippen molar-refractivity contribution in [1.29, 1.82) is 0 Å². The summed E-state index contributed by atoms with van der Waals surface area (Å²) in [6, 6.07) is 9.78. The molecule has 1 saturated heterocycles. The van der Waals surface area contributed by atoms with E-state index in [0.29, 0.717) is 0 Å². The third-order valence-corrected chi connectivity index (χ3v) is 4.31. The minimum Gasteiger partial charge on any atom is -0.326 e. The summed E-state index contributed by atoms with van der Waals surface area (Å²) >= 11 is 0. The van der Waals surface area contributed by atoms with E-state index in [1.54, 1.807) is 6.20 Å². The molecule has 1 aromatic carbocycles. The number of hydrogen-bond donors (Lipinski definition) is 2. The lowest BCUT2D eigenvalue weighted by Gasteiger charge is -2.26. The van der Waals surface area contributed by atoms with E-state index in [9.17, 15) is 4.79 Å². The molecule has 21 heavy (non-hydrogen) atoms. The summed E-state index contributed by atoms with van der Waals surface area (Å²) in [6.45, 7) is 3.84. The molecule has 2 N–H and O–H groups in total. The quantitative estimate of drug-likeness (QED) is 0.907. The molecule has 1 atom stereocenters. The second kappa shape index (κ2) is 5.82. The van der Waals surface area contributed by atoms with Crippen LogP contribution in [-0.2, 0) is 4.79 Å². The van der Waals surface area contributed by atoms with Gasteiger partial charge in [0.2, 0.25) is 5.91 Å². The molecule has 1 unspecified atom stereocenters. The Bertz CT molecular complexity index is 647. The summed E-state index contributed by atoms with van der Waals surface area (Å²) < 4.78 is 0. The number of carbonyl (C=O) groups excluding carboxylic acids is 1. The van der Waals surface area contributed by atoms with Gasteiger partial charge in [-0.25, -0.2) is 0 Å². The average Bonchev–Trinajstić information content (AvgIpc) is 2.97. The molecule has 0 aliphatic carbocycles. The van der Waals surface area contributed by atoms with Gasteiger partial charge >= 0.3 is 0 Å². The van der Waals surface area contributed by atoms with E-state index < -0.39 is 0 Å². The normalized spacial score (nSPS) is 21.6. The number of amides is 1. The summed E-state index contributed by atoms with van der Waals surface area (Å²) in [4.78, 5) is 17.0. The number of aromatic nitrogens is 1. The molecule has 0 spiro atoms. The Kier molecular flexibility index (Phi) is 3.88. The SMILES string of the molecule is CCCC1(C(=O)Nc2ccc3ncccc3c2)CCNC1. The van der Waals surface area contributed by atoms with Crippen LogP contribution in [0, 0.1) is 5.41 Å². The zero-order chi connectivity index (χ0) is 14.7. The van der Waals surface area contributed by atoms with Crippen LogP contribution in [0.1, 0.15) is 26.2 Å². The lowest BCUT2D eigenvalue weighted by atomic mass is 9.81. The molecule has 0 bridgehead atoms. The van der Waals surface area contributed by atoms with Crippen molar-refractivity contribution in [3.05, 3.63) is 36.5 Å². The molecule has 4 heteroatoms. The number of pyridine rings is 1. The Hall–Kier alpha value is -1.94. The van der Waals surface area contributed by atoms with E-state index in [4.69, 9.17) is 0 Å². The Morgan fingerprint density at radius 1 is 1.43 bits per heavy atom. The van der Waals surface area contributed by atoms with Crippen LogP contribution in [-0.4, -0.2) is 24.0 Å². The number of anilines is 1. The fourth-order valence-corrected chi connectivity index (χ4v) is 3.16. The van der Waals surface area contributed by atoms with Crippen LogP contribution in [0.3, 0.4) is 0 Å². The van der Waals surface area contributed by atoms with Gasteiger partial charge in [-0.15, -0.1) is 0 Å². The molecule has 1 amide bonds. The minimum atomic E-state index is -0.251. The molecule has 1 fully saturated rings. The molecule has 2 aromatic rings. The topological polar surface area (TPSA) is 54.0 Å². The third-order valence-electron chi connectivity index (χ3n) is 4.31. The number of fused-ring (bicyclic) bond motifs is 1. The summed E-state index contributed by atoms with van der Waals surface area (Å²) in [5.74, 6) is 0.137. The maximum atomic E-state index is 12.7. The lowest BCUT2D eigenvalue weighted by molar-refractivity contribution is -0.125. The van der Waals surface area contributed by atoms with Crippen molar-refractivity contribution in [3.8, 4) is 0 Å². The smallest absolute Gasteiger partial charge is 0.231 e. The predicted octanol–water partition coefficient (Wildman–Crippen LogP) is 2.95. The summed E-state index contributed by atoms with van der Waals surface area (Å²) in [5, 5.41) is 7.46. The largest absolute Gasteiger partial charge is 0.326 e. The Labute approximate surface area is 125 Å². The third kappa shape index (κ3) is 2.76. The lowest BCUT2D eigenvalue weighted by Crippen LogP contribution is -2.38. The van der Waals surface area contributed by atoms with E-state index in [-0.39, 0.29) is 11.3 Å². The number of carbonyl (C=O) groups is 1. The van der Waals surface area contributed by atoms with Gasteiger partial charge in [0.25, 0.3) is 0 Å². The highest BCUT2D eigenvalue weighted by atomic mass is 16.2. The monoisotopic (exact) mass is 283 g/mol. The van der Waals surface area contributed by atoms with Gasteiger partial charge in [-0.3, -0.25) is 9.78 Å². The highest BCUT2D eigenvalue weighted by Gasteiger charge is 2.40. The Morgan fingerprint density at radius 2 is 2.33 bits per heavy atom. The first-order chi connectivity index (χ1) is 10.2. The fraction of sp³-hybridized carbons (Fsp3) is 0.412. The first-order valence-electron chi connectivity index (χ1n) is 7.60. The average molecular weight is 283 g/mol. The molecule has 3 rings (SSSR count). The van der Waals surface area contributed by atoms with Gasteiger partial charge in [-0.1, -0.05) is 19.4 Å². The van der Waals surface area contributed by atoms with Crippen LogP contribution in [0.4, 0.5) is 5.69 Å². The van der Waals surface area contributed by atoms with Crippen molar-refractivity contribution >= 4 is 22.5 Å². The molecule has 2 heterocycles. The maximum Gasteiger partial charge on any atom is 0.231 e. The zero-order valence-corrected chi connectivity index (χ0v) is 12.4. The fourth-order valence-electron chi connectivity index (χ4n) is 3.16. The highest BCUT2D eigenvalue weighted by molar-refractivity contribution is 5.97. The van der Waals surface area contributed by atoms with E-state index in [1.807, 2.05) is 30.3 Å². The highest BCUT2D eigenvalue weighted by Crippen LogP contribution is 2.32. The summed E-state index contributed by atoms with van der Waals surface area (Å²) in [6.07, 6.45) is 4.65. The van der Waals surface area contributed by atoms with Crippen molar-refractivity contribution in [1.82, 2.24) is 10.3 Å². The molecule has 4 nitrogen and oxygen atoms in total. The first kappa shape index (κ1) is 14.0. The molecule has 0 radical (unpaired) electrons. The van der Waals surface area contributed by atoms with Crippen molar-refractivity contribution < 1.29 is 4.79 Å². The molecule has 110 valence electrons. The zero-order valence-electron chi connectivity index (χ0n) is 12.4. The molecular weight excluding hydrogens is 262 g/mol. The second-order valence-electron chi connectivity index (χ2n) is 5.82. The van der Waals surface area contributed by atoms with Gasteiger partial charge in [-0.2, -0.15) is 0 Å². The van der Waals surface area contributed by atoms with Crippen LogP contribution in [0.2, 0.25) is 0 Å². The van der Waals surface area contributed by atoms with E-state index in [0.717, 1.165) is 48.9 Å². The summed E-state index contributed by atoms with van der Waals surface area (Å²) in [7, 11) is 0. The van der Waals surface area contributed by atoms with Crippen LogP contribution in [0.25, 0.3) is 10.9 Å². The van der Waals surface area contributed by atoms with Crippen LogP contribution in [0.5, 0.6) is 0 Å². The van der Waals surface area contributed by atoms with Gasteiger partial charge in [0.15, 0.2) is 0 Å². The molecular formula is C17H21N3O. The van der Waals surface area contributed by atoms with Crippen LogP contribution in [0.15, 0.2) is 36.5 Å². The van der Waals surface area contributed by atoms with E-state index in [1.165, 1.54) is 0 Å².